The van der Waals surface area contributed by atoms with E-state index < -0.39 is 17.7 Å². The monoisotopic (exact) mass is 289 g/mol. The number of halogens is 2. The maximum atomic E-state index is 13.8. The Hall–Kier alpha value is -2.45. The Morgan fingerprint density at radius 1 is 1.29 bits per heavy atom. The maximum absolute atomic E-state index is 13.8. The number of hydrogen-bond acceptors (Lipinski definition) is 3. The van der Waals surface area contributed by atoms with Gasteiger partial charge in [0.25, 0.3) is 0 Å². The summed E-state index contributed by atoms with van der Waals surface area (Å²) in [6.45, 7) is 1.34. The molecule has 3 nitrogen and oxygen atoms in total. The van der Waals surface area contributed by atoms with Gasteiger partial charge in [-0.15, -0.1) is 0 Å². The van der Waals surface area contributed by atoms with E-state index in [1.54, 1.807) is 6.07 Å². The van der Waals surface area contributed by atoms with E-state index in [0.717, 1.165) is 0 Å². The number of aliphatic hydroxyl groups is 1. The normalized spacial score (nSPS) is 11.8. The highest BCUT2D eigenvalue weighted by Gasteiger charge is 2.11. The van der Waals surface area contributed by atoms with E-state index in [1.807, 2.05) is 0 Å². The molecular weight excluding hydrogens is 276 g/mol. The Labute approximate surface area is 121 Å². The lowest BCUT2D eigenvalue weighted by Gasteiger charge is -2.11. The number of benzene rings is 2. The van der Waals surface area contributed by atoms with Crippen molar-refractivity contribution in [2.45, 2.75) is 19.6 Å². The lowest BCUT2D eigenvalue weighted by atomic mass is 10.1. The van der Waals surface area contributed by atoms with Crippen LogP contribution in [0.5, 0.6) is 5.75 Å². The van der Waals surface area contributed by atoms with Crippen LogP contribution in [-0.4, -0.2) is 5.11 Å². The van der Waals surface area contributed by atoms with Gasteiger partial charge in [-0.3, -0.25) is 0 Å². The van der Waals surface area contributed by atoms with Crippen molar-refractivity contribution in [3.8, 4) is 11.8 Å². The highest BCUT2D eigenvalue weighted by atomic mass is 19.1. The molecule has 0 aliphatic carbocycles. The summed E-state index contributed by atoms with van der Waals surface area (Å²) in [5, 5.41) is 18.1. The topological polar surface area (TPSA) is 53.2 Å². The van der Waals surface area contributed by atoms with E-state index >= 15 is 0 Å². The lowest BCUT2D eigenvalue weighted by Crippen LogP contribution is -2.02. The van der Waals surface area contributed by atoms with Crippen molar-refractivity contribution in [1.29, 1.82) is 5.26 Å². The van der Waals surface area contributed by atoms with Crippen molar-refractivity contribution in [2.24, 2.45) is 0 Å². The first-order valence-electron chi connectivity index (χ1n) is 6.30. The number of nitrogens with zero attached hydrogens (tertiary/aromatic N) is 1. The quantitative estimate of drug-likeness (QED) is 0.937. The van der Waals surface area contributed by atoms with Crippen LogP contribution in [0.25, 0.3) is 0 Å². The van der Waals surface area contributed by atoms with E-state index in [2.05, 4.69) is 0 Å². The van der Waals surface area contributed by atoms with Crippen LogP contribution in [0.4, 0.5) is 8.78 Å². The number of rotatable bonds is 4. The second-order valence-electron chi connectivity index (χ2n) is 4.54. The van der Waals surface area contributed by atoms with E-state index in [9.17, 15) is 13.9 Å². The summed E-state index contributed by atoms with van der Waals surface area (Å²) >= 11 is 0. The third-order valence-corrected chi connectivity index (χ3v) is 3.02. The molecule has 1 unspecified atom stereocenters. The minimum atomic E-state index is -0.779. The Kier molecular flexibility index (Phi) is 4.51. The maximum Gasteiger partial charge on any atom is 0.165 e. The van der Waals surface area contributed by atoms with E-state index in [4.69, 9.17) is 10.00 Å². The molecule has 0 radical (unpaired) electrons. The summed E-state index contributed by atoms with van der Waals surface area (Å²) in [6, 6.07) is 10.2. The fourth-order valence-electron chi connectivity index (χ4n) is 1.83. The van der Waals surface area contributed by atoms with Crippen LogP contribution in [0.1, 0.15) is 29.7 Å². The van der Waals surface area contributed by atoms with Gasteiger partial charge in [-0.25, -0.2) is 8.78 Å². The predicted octanol–water partition coefficient (Wildman–Crippen LogP) is 3.47. The summed E-state index contributed by atoms with van der Waals surface area (Å²) in [7, 11) is 0. The van der Waals surface area contributed by atoms with Crippen molar-refractivity contribution in [3.05, 3.63) is 64.7 Å². The highest BCUT2D eigenvalue weighted by molar-refractivity contribution is 5.35. The van der Waals surface area contributed by atoms with Crippen molar-refractivity contribution in [1.82, 2.24) is 0 Å². The molecule has 0 bridgehead atoms. The summed E-state index contributed by atoms with van der Waals surface area (Å²) in [5.74, 6) is -1.34. The average Bonchev–Trinajstić information content (AvgIpc) is 2.47. The van der Waals surface area contributed by atoms with Gasteiger partial charge in [0.05, 0.1) is 11.7 Å². The standard InChI is InChI=1S/C16H13F2NO2/c1-10(20)11-5-6-15(14(17)7-11)21-9-13-4-2-3-12(8-19)16(13)18/h2-7,10,20H,9H2,1H3. The van der Waals surface area contributed by atoms with E-state index in [1.165, 1.54) is 43.3 Å². The molecule has 0 aliphatic rings. The Morgan fingerprint density at radius 2 is 2.05 bits per heavy atom. The SMILES string of the molecule is CC(O)c1ccc(OCc2cccc(C#N)c2F)c(F)c1. The van der Waals surface area contributed by atoms with Crippen LogP contribution in [0.3, 0.4) is 0 Å². The summed E-state index contributed by atoms with van der Waals surface area (Å²) in [6.07, 6.45) is -0.779. The predicted molar refractivity (Wildman–Crippen MR) is 72.5 cm³/mol. The molecule has 1 atom stereocenters. The number of ether oxygens (including phenoxy) is 1. The zero-order valence-corrected chi connectivity index (χ0v) is 11.3. The molecule has 5 heteroatoms. The van der Waals surface area contributed by atoms with Crippen LogP contribution in [0.2, 0.25) is 0 Å². The molecule has 1 N–H and O–H groups in total. The van der Waals surface area contributed by atoms with Crippen LogP contribution in [-0.2, 0) is 6.61 Å². The Morgan fingerprint density at radius 3 is 2.67 bits per heavy atom. The molecule has 2 aromatic carbocycles. The molecule has 108 valence electrons. The fraction of sp³-hybridized carbons (Fsp3) is 0.188. The Balaban J connectivity index is 2.16. The molecule has 21 heavy (non-hydrogen) atoms. The first-order valence-corrected chi connectivity index (χ1v) is 6.30. The van der Waals surface area contributed by atoms with Crippen molar-refractivity contribution in [3.63, 3.8) is 0 Å². The van der Waals surface area contributed by atoms with Crippen LogP contribution in [0.15, 0.2) is 36.4 Å². The highest BCUT2D eigenvalue weighted by Crippen LogP contribution is 2.23. The average molecular weight is 289 g/mol. The molecule has 0 heterocycles. The fourth-order valence-corrected chi connectivity index (χ4v) is 1.83. The van der Waals surface area contributed by atoms with Crippen LogP contribution < -0.4 is 4.74 Å². The first-order chi connectivity index (χ1) is 10.0. The smallest absolute Gasteiger partial charge is 0.165 e. The summed E-state index contributed by atoms with van der Waals surface area (Å²) < 4.78 is 32.8. The van der Waals surface area contributed by atoms with Gasteiger partial charge in [0.15, 0.2) is 11.6 Å². The number of hydrogen-bond donors (Lipinski definition) is 1. The zero-order chi connectivity index (χ0) is 15.4. The van der Waals surface area contributed by atoms with Crippen molar-refractivity contribution >= 4 is 0 Å². The molecular formula is C16H13F2NO2. The zero-order valence-electron chi connectivity index (χ0n) is 11.3. The van der Waals surface area contributed by atoms with Gasteiger partial charge in [0.1, 0.15) is 18.5 Å². The Bertz CT molecular complexity index is 693. The number of nitriles is 1. The van der Waals surface area contributed by atoms with Crippen LogP contribution >= 0.6 is 0 Å². The third-order valence-electron chi connectivity index (χ3n) is 3.02. The van der Waals surface area contributed by atoms with Gasteiger partial charge >= 0.3 is 0 Å². The molecule has 0 amide bonds. The van der Waals surface area contributed by atoms with E-state index in [0.29, 0.717) is 5.56 Å². The minimum Gasteiger partial charge on any atom is -0.486 e. The molecule has 0 aliphatic heterocycles. The lowest BCUT2D eigenvalue weighted by molar-refractivity contribution is 0.198. The molecule has 0 saturated carbocycles. The third kappa shape index (κ3) is 3.36. The van der Waals surface area contributed by atoms with Crippen molar-refractivity contribution < 1.29 is 18.6 Å². The molecule has 0 aromatic heterocycles. The second kappa shape index (κ2) is 6.33. The van der Waals surface area contributed by atoms with Crippen molar-refractivity contribution in [2.75, 3.05) is 0 Å². The van der Waals surface area contributed by atoms with Gasteiger partial charge in [0, 0.05) is 5.56 Å². The van der Waals surface area contributed by atoms with Gasteiger partial charge in [-0.05, 0) is 30.7 Å². The van der Waals surface area contributed by atoms with Gasteiger partial charge in [0.2, 0.25) is 0 Å². The molecule has 0 saturated heterocycles. The molecule has 2 rings (SSSR count). The van der Waals surface area contributed by atoms with Crippen LogP contribution in [0, 0.1) is 23.0 Å². The largest absolute Gasteiger partial charge is 0.486 e. The molecule has 2 aromatic rings. The summed E-state index contributed by atoms with van der Waals surface area (Å²) in [4.78, 5) is 0. The minimum absolute atomic E-state index is 0.0406. The molecule has 0 spiro atoms. The first kappa shape index (κ1) is 14.9. The van der Waals surface area contributed by atoms with Gasteiger partial charge < -0.3 is 9.84 Å². The van der Waals surface area contributed by atoms with Gasteiger partial charge in [-0.2, -0.15) is 5.26 Å². The second-order valence-corrected chi connectivity index (χ2v) is 4.54. The summed E-state index contributed by atoms with van der Waals surface area (Å²) in [5.41, 5.74) is 0.520. The molecule has 0 fully saturated rings. The number of aliphatic hydroxyl groups excluding tert-OH is 1. The van der Waals surface area contributed by atoms with Gasteiger partial charge in [-0.1, -0.05) is 18.2 Å². The van der Waals surface area contributed by atoms with E-state index in [-0.39, 0.29) is 23.5 Å².